The average Bonchev–Trinajstić information content (AvgIpc) is 3.99. The fraction of sp³-hybridized carbons (Fsp3) is 0.0323. The Bertz CT molecular complexity index is 3490. The number of allylic oxidation sites excluding steroid dienone is 5. The van der Waals surface area contributed by atoms with Crippen LogP contribution in [0.3, 0.4) is 0 Å². The van der Waals surface area contributed by atoms with Crippen LogP contribution in [0.15, 0.2) is 243 Å². The highest BCUT2D eigenvalue weighted by Crippen LogP contribution is 2.56. The van der Waals surface area contributed by atoms with E-state index in [-0.39, 0.29) is 0 Å². The van der Waals surface area contributed by atoms with Crippen LogP contribution in [0, 0.1) is 0 Å². The molecule has 1 aliphatic rings. The first-order valence-electron chi connectivity index (χ1n) is 22.2. The lowest BCUT2D eigenvalue weighted by Gasteiger charge is -2.34. The van der Waals surface area contributed by atoms with Gasteiger partial charge in [-0.2, -0.15) is 0 Å². The minimum Gasteiger partial charge on any atom is -0.309 e. The summed E-state index contributed by atoms with van der Waals surface area (Å²) in [6, 6.07) is 80.2. The van der Waals surface area contributed by atoms with Gasteiger partial charge < -0.3 is 9.13 Å². The lowest BCUT2D eigenvalue weighted by molar-refractivity contribution is 0.768. The second-order valence-electron chi connectivity index (χ2n) is 16.8. The molecular weight excluding hydrogens is 773 g/mol. The maximum absolute atomic E-state index is 2.38. The average molecular weight is 817 g/mol. The van der Waals surface area contributed by atoms with Crippen LogP contribution in [0.4, 0.5) is 0 Å². The lowest BCUT2D eigenvalue weighted by atomic mass is 9.67. The third-order valence-electron chi connectivity index (χ3n) is 13.4. The van der Waals surface area contributed by atoms with Gasteiger partial charge in [-0.25, -0.2) is 0 Å². The maximum atomic E-state index is 2.38. The van der Waals surface area contributed by atoms with Gasteiger partial charge in [-0.1, -0.05) is 200 Å². The number of hydrogen-bond donors (Lipinski definition) is 0. The van der Waals surface area contributed by atoms with Crippen molar-refractivity contribution in [2.24, 2.45) is 0 Å². The minimum atomic E-state index is -0.482. The van der Waals surface area contributed by atoms with Gasteiger partial charge >= 0.3 is 0 Å². The zero-order valence-electron chi connectivity index (χ0n) is 35.6. The van der Waals surface area contributed by atoms with Gasteiger partial charge in [-0.3, -0.25) is 0 Å². The van der Waals surface area contributed by atoms with Crippen LogP contribution in [0.25, 0.3) is 83.3 Å². The number of rotatable bonds is 8. The Balaban J connectivity index is 0.911. The van der Waals surface area contributed by atoms with Crippen molar-refractivity contribution in [2.75, 3.05) is 0 Å². The highest BCUT2D eigenvalue weighted by molar-refractivity contribution is 6.11. The molecule has 0 fully saturated rings. The molecule has 0 unspecified atom stereocenters. The Morgan fingerprint density at radius 2 is 0.844 bits per heavy atom. The summed E-state index contributed by atoms with van der Waals surface area (Å²) >= 11 is 0. The standard InChI is InChI=1S/C62H44N2/c1-2-16-48(63-58-27-11-5-21-52(58)53-22-6-12-28-59(53)63)18-15-17-43-31-37-46(38-32-43)62(56-25-9-3-19-50(56)51-20-4-10-26-57(51)62)47-39-33-44(34-40-47)45-35-41-49(42-36-45)64-60-29-13-7-23-54(60)55-24-8-14-30-61(55)64/h2-42H,1H3/b16-2-,17-15+,48-18+. The minimum absolute atomic E-state index is 0.482. The molecule has 2 heteroatoms. The Morgan fingerprint density at radius 1 is 0.422 bits per heavy atom. The van der Waals surface area contributed by atoms with E-state index in [0.29, 0.717) is 0 Å². The first-order chi connectivity index (χ1) is 31.7. The summed E-state index contributed by atoms with van der Waals surface area (Å²) in [7, 11) is 0. The van der Waals surface area contributed by atoms with Crippen LogP contribution < -0.4 is 0 Å². The lowest BCUT2D eigenvalue weighted by Crippen LogP contribution is -2.28. The first kappa shape index (κ1) is 37.6. The molecule has 2 heterocycles. The topological polar surface area (TPSA) is 9.86 Å². The summed E-state index contributed by atoms with van der Waals surface area (Å²) in [6.07, 6.45) is 10.9. The van der Waals surface area contributed by atoms with E-state index in [1.807, 2.05) is 0 Å². The van der Waals surface area contributed by atoms with Crippen LogP contribution in [0.2, 0.25) is 0 Å². The van der Waals surface area contributed by atoms with Crippen molar-refractivity contribution in [3.05, 3.63) is 271 Å². The van der Waals surface area contributed by atoms with Gasteiger partial charge in [-0.15, -0.1) is 0 Å². The maximum Gasteiger partial charge on any atom is 0.0713 e. The van der Waals surface area contributed by atoms with Gasteiger partial charge in [0.2, 0.25) is 0 Å². The summed E-state index contributed by atoms with van der Waals surface area (Å²) in [4.78, 5) is 0. The zero-order valence-corrected chi connectivity index (χ0v) is 35.6. The molecule has 12 rings (SSSR count). The molecule has 2 nitrogen and oxygen atoms in total. The summed E-state index contributed by atoms with van der Waals surface area (Å²) in [5.74, 6) is 0. The molecule has 9 aromatic carbocycles. The molecule has 64 heavy (non-hydrogen) atoms. The Morgan fingerprint density at radius 3 is 1.36 bits per heavy atom. The van der Waals surface area contributed by atoms with Crippen LogP contribution in [-0.2, 0) is 5.41 Å². The first-order valence-corrected chi connectivity index (χ1v) is 22.2. The summed E-state index contributed by atoms with van der Waals surface area (Å²) in [6.45, 7) is 2.08. The number of para-hydroxylation sites is 4. The quantitative estimate of drug-likeness (QED) is 0.135. The Hall–Kier alpha value is -8.20. The SMILES string of the molecule is C\C=C/C(=C\C=C\c1ccc(C2(c3ccc(-c4ccc(-n5c6ccccc6c6ccccc65)cc4)cc3)c3ccccc3-c3ccccc32)cc1)n1c2ccccc2c2ccccc21. The van der Waals surface area contributed by atoms with Crippen molar-refractivity contribution in [3.8, 4) is 27.9 Å². The van der Waals surface area contributed by atoms with Crippen LogP contribution >= 0.6 is 0 Å². The van der Waals surface area contributed by atoms with E-state index >= 15 is 0 Å². The molecule has 0 atom stereocenters. The molecule has 11 aromatic rings. The molecule has 0 bridgehead atoms. The predicted molar refractivity (Wildman–Crippen MR) is 271 cm³/mol. The van der Waals surface area contributed by atoms with Crippen LogP contribution in [0.5, 0.6) is 0 Å². The van der Waals surface area contributed by atoms with Crippen molar-refractivity contribution in [3.63, 3.8) is 0 Å². The van der Waals surface area contributed by atoms with Crippen molar-refractivity contribution in [1.82, 2.24) is 9.13 Å². The normalized spacial score (nSPS) is 13.5. The molecule has 0 saturated heterocycles. The molecule has 0 spiro atoms. The molecule has 0 N–H and O–H groups in total. The third kappa shape index (κ3) is 5.80. The van der Waals surface area contributed by atoms with E-state index in [2.05, 4.69) is 265 Å². The van der Waals surface area contributed by atoms with Gasteiger partial charge in [-0.05, 0) is 106 Å². The van der Waals surface area contributed by atoms with E-state index < -0.39 is 5.41 Å². The van der Waals surface area contributed by atoms with E-state index in [0.717, 1.165) is 16.9 Å². The molecule has 2 aromatic heterocycles. The van der Waals surface area contributed by atoms with E-state index in [9.17, 15) is 0 Å². The van der Waals surface area contributed by atoms with Crippen LogP contribution in [-0.4, -0.2) is 9.13 Å². The smallest absolute Gasteiger partial charge is 0.0713 e. The van der Waals surface area contributed by atoms with Gasteiger partial charge in [0.1, 0.15) is 0 Å². The summed E-state index contributed by atoms with van der Waals surface area (Å²) < 4.78 is 4.74. The predicted octanol–water partition coefficient (Wildman–Crippen LogP) is 16.1. The van der Waals surface area contributed by atoms with Gasteiger partial charge in [0.25, 0.3) is 0 Å². The van der Waals surface area contributed by atoms with Crippen molar-refractivity contribution >= 4 is 55.4 Å². The van der Waals surface area contributed by atoms with Gasteiger partial charge in [0.05, 0.1) is 27.5 Å². The number of benzene rings is 9. The van der Waals surface area contributed by atoms with Crippen molar-refractivity contribution in [2.45, 2.75) is 12.3 Å². The highest BCUT2D eigenvalue weighted by Gasteiger charge is 2.45. The second-order valence-corrected chi connectivity index (χ2v) is 16.8. The third-order valence-corrected chi connectivity index (χ3v) is 13.4. The van der Waals surface area contributed by atoms with Gasteiger partial charge in [0.15, 0.2) is 0 Å². The number of nitrogens with zero attached hydrogens (tertiary/aromatic N) is 2. The summed E-state index contributed by atoms with van der Waals surface area (Å²) in [5, 5.41) is 5.07. The molecule has 1 aliphatic carbocycles. The van der Waals surface area contributed by atoms with E-state index in [4.69, 9.17) is 0 Å². The molecule has 0 aliphatic heterocycles. The molecule has 0 amide bonds. The number of hydrogen-bond acceptors (Lipinski definition) is 0. The molecule has 0 saturated carbocycles. The largest absolute Gasteiger partial charge is 0.309 e. The highest BCUT2D eigenvalue weighted by atomic mass is 15.0. The monoisotopic (exact) mass is 816 g/mol. The second kappa shape index (κ2) is 15.3. The van der Waals surface area contributed by atoms with Crippen molar-refractivity contribution < 1.29 is 0 Å². The van der Waals surface area contributed by atoms with E-state index in [1.54, 1.807) is 0 Å². The molecular formula is C62H44N2. The fourth-order valence-corrected chi connectivity index (χ4v) is 10.6. The summed E-state index contributed by atoms with van der Waals surface area (Å²) in [5.41, 5.74) is 17.9. The van der Waals surface area contributed by atoms with Crippen molar-refractivity contribution in [1.29, 1.82) is 0 Å². The van der Waals surface area contributed by atoms with Gasteiger partial charge in [0, 0.05) is 32.9 Å². The molecule has 302 valence electrons. The fourth-order valence-electron chi connectivity index (χ4n) is 10.6. The Kier molecular flexibility index (Phi) is 8.98. The zero-order chi connectivity index (χ0) is 42.6. The number of fused-ring (bicyclic) bond motifs is 9. The van der Waals surface area contributed by atoms with Crippen LogP contribution in [0.1, 0.15) is 34.7 Å². The van der Waals surface area contributed by atoms with E-state index in [1.165, 1.54) is 88.1 Å². The molecule has 0 radical (unpaired) electrons. The number of aromatic nitrogens is 2. The Labute approximate surface area is 373 Å².